The van der Waals surface area contributed by atoms with E-state index >= 15 is 0 Å². The second kappa shape index (κ2) is 3.94. The Morgan fingerprint density at radius 1 is 1.21 bits per heavy atom. The smallest absolute Gasteiger partial charge is 0.263 e. The minimum absolute atomic E-state index is 0.0474. The van der Waals surface area contributed by atoms with Gasteiger partial charge in [-0.15, -0.1) is 0 Å². The minimum Gasteiger partial charge on any atom is -0.263 e. The Morgan fingerprint density at radius 3 is 2.57 bits per heavy atom. The van der Waals surface area contributed by atoms with Gasteiger partial charge in [-0.1, -0.05) is 12.8 Å². The molecule has 0 aromatic rings. The summed E-state index contributed by atoms with van der Waals surface area (Å²) in [6, 6.07) is 0. The van der Waals surface area contributed by atoms with Crippen LogP contribution < -0.4 is 0 Å². The van der Waals surface area contributed by atoms with Crippen molar-refractivity contribution < 1.29 is 4.92 Å². The van der Waals surface area contributed by atoms with Gasteiger partial charge in [0.1, 0.15) is 0 Å². The highest BCUT2D eigenvalue weighted by molar-refractivity contribution is 14.1. The van der Waals surface area contributed by atoms with Crippen LogP contribution in [0.2, 0.25) is 0 Å². The third-order valence-corrected chi connectivity index (χ3v) is 5.23. The summed E-state index contributed by atoms with van der Waals surface area (Å²) in [7, 11) is 0. The van der Waals surface area contributed by atoms with E-state index in [1.54, 1.807) is 0 Å². The molecule has 2 aliphatic carbocycles. The largest absolute Gasteiger partial charge is 0.269 e. The molecule has 3 unspecified atom stereocenters. The number of rotatable bonds is 1. The van der Waals surface area contributed by atoms with Crippen LogP contribution in [0, 0.1) is 22.0 Å². The molecule has 4 heteroatoms. The lowest BCUT2D eigenvalue weighted by molar-refractivity contribution is -0.533. The summed E-state index contributed by atoms with van der Waals surface area (Å²) in [5.41, 5.74) is 0. The predicted octanol–water partition coefficient (Wildman–Crippen LogP) is 3.38. The second-order valence-corrected chi connectivity index (χ2v) is 6.73. The van der Waals surface area contributed by atoms with Crippen molar-refractivity contribution in [3.05, 3.63) is 10.1 Å². The first kappa shape index (κ1) is 10.6. The lowest BCUT2D eigenvalue weighted by atomic mass is 9.91. The quantitative estimate of drug-likeness (QED) is 0.245. The Kier molecular flexibility index (Phi) is 3.00. The van der Waals surface area contributed by atoms with E-state index in [0.29, 0.717) is 5.92 Å². The van der Waals surface area contributed by atoms with Gasteiger partial charge in [-0.25, -0.2) is 0 Å². The van der Waals surface area contributed by atoms with Crippen LogP contribution in [0.1, 0.15) is 44.9 Å². The lowest BCUT2D eigenvalue weighted by Gasteiger charge is -2.21. The molecule has 0 radical (unpaired) electrons. The molecule has 0 saturated heterocycles. The van der Waals surface area contributed by atoms with Gasteiger partial charge in [0, 0.05) is 40.4 Å². The Morgan fingerprint density at radius 2 is 1.86 bits per heavy atom. The average molecular weight is 309 g/mol. The maximum absolute atomic E-state index is 11.0. The van der Waals surface area contributed by atoms with Crippen molar-refractivity contribution in [1.82, 2.24) is 0 Å². The third kappa shape index (κ3) is 1.90. The number of hydrogen-bond donors (Lipinski definition) is 0. The molecule has 3 nitrogen and oxygen atoms in total. The minimum atomic E-state index is -0.651. The monoisotopic (exact) mass is 309 g/mol. The van der Waals surface area contributed by atoms with Crippen molar-refractivity contribution in [2.24, 2.45) is 11.8 Å². The van der Waals surface area contributed by atoms with Gasteiger partial charge in [0.05, 0.1) is 0 Å². The van der Waals surface area contributed by atoms with Crippen molar-refractivity contribution in [3.8, 4) is 0 Å². The van der Waals surface area contributed by atoms with Crippen LogP contribution in [-0.4, -0.2) is 8.47 Å². The van der Waals surface area contributed by atoms with Gasteiger partial charge < -0.3 is 0 Å². The number of nitro groups is 1. The molecule has 2 saturated carbocycles. The van der Waals surface area contributed by atoms with Gasteiger partial charge in [0.2, 0.25) is 0 Å². The number of alkyl halides is 1. The predicted molar refractivity (Wildman–Crippen MR) is 63.0 cm³/mol. The fraction of sp³-hybridized carbons (Fsp3) is 1.00. The van der Waals surface area contributed by atoms with Crippen LogP contribution in [0.4, 0.5) is 0 Å². The molecule has 0 aromatic heterocycles. The van der Waals surface area contributed by atoms with Gasteiger partial charge in [0.25, 0.3) is 3.55 Å². The van der Waals surface area contributed by atoms with Gasteiger partial charge >= 0.3 is 0 Å². The highest BCUT2D eigenvalue weighted by Gasteiger charge is 2.46. The van der Waals surface area contributed by atoms with E-state index in [9.17, 15) is 10.1 Å². The van der Waals surface area contributed by atoms with Crippen molar-refractivity contribution in [2.45, 2.75) is 48.5 Å². The number of fused-ring (bicyclic) bond motifs is 1. The molecule has 0 heterocycles. The van der Waals surface area contributed by atoms with Gasteiger partial charge in [-0.2, -0.15) is 0 Å². The molecule has 80 valence electrons. The van der Waals surface area contributed by atoms with E-state index in [2.05, 4.69) is 22.6 Å². The zero-order valence-electron chi connectivity index (χ0n) is 8.25. The zero-order chi connectivity index (χ0) is 10.2. The van der Waals surface area contributed by atoms with E-state index in [1.807, 2.05) is 0 Å². The van der Waals surface area contributed by atoms with E-state index in [1.165, 1.54) is 25.7 Å². The molecule has 0 aliphatic heterocycles. The molecule has 2 rings (SSSR count). The lowest BCUT2D eigenvalue weighted by Crippen LogP contribution is -2.32. The standard InChI is InChI=1S/C10H16INO2/c11-10(12(13)14)6-2-5-8-3-1-4-9(8)7-10/h8-9H,1-7H2. The molecule has 3 atom stereocenters. The Balaban J connectivity index is 2.12. The average Bonchev–Trinajstić information content (AvgIpc) is 2.46. The van der Waals surface area contributed by atoms with Crippen LogP contribution in [0.5, 0.6) is 0 Å². The molecule has 2 fully saturated rings. The highest BCUT2D eigenvalue weighted by Crippen LogP contribution is 2.47. The molecule has 2 aliphatic rings. The van der Waals surface area contributed by atoms with Crippen molar-refractivity contribution in [2.75, 3.05) is 0 Å². The molecule has 0 bridgehead atoms. The molecule has 0 amide bonds. The normalized spacial score (nSPS) is 42.9. The van der Waals surface area contributed by atoms with Gasteiger partial charge in [-0.05, 0) is 31.1 Å². The van der Waals surface area contributed by atoms with Crippen molar-refractivity contribution in [3.63, 3.8) is 0 Å². The fourth-order valence-corrected chi connectivity index (χ4v) is 4.01. The van der Waals surface area contributed by atoms with Crippen LogP contribution in [0.3, 0.4) is 0 Å². The molecule has 0 spiro atoms. The van der Waals surface area contributed by atoms with Crippen LogP contribution in [-0.2, 0) is 0 Å². The van der Waals surface area contributed by atoms with Crippen LogP contribution in [0.25, 0.3) is 0 Å². The first-order valence-electron chi connectivity index (χ1n) is 5.45. The van der Waals surface area contributed by atoms with E-state index in [0.717, 1.165) is 25.2 Å². The van der Waals surface area contributed by atoms with Crippen LogP contribution in [0.15, 0.2) is 0 Å². The summed E-state index contributed by atoms with van der Waals surface area (Å²) < 4.78 is -0.651. The Hall–Kier alpha value is 0.130. The third-order valence-electron chi connectivity index (χ3n) is 3.85. The second-order valence-electron chi connectivity index (χ2n) is 4.72. The molecular weight excluding hydrogens is 293 g/mol. The van der Waals surface area contributed by atoms with E-state index in [-0.39, 0.29) is 4.92 Å². The van der Waals surface area contributed by atoms with Crippen molar-refractivity contribution >= 4 is 22.6 Å². The highest BCUT2D eigenvalue weighted by atomic mass is 127. The molecule has 0 N–H and O–H groups in total. The molecular formula is C10H16INO2. The zero-order valence-corrected chi connectivity index (χ0v) is 10.4. The number of hydrogen-bond acceptors (Lipinski definition) is 2. The Labute approximate surface area is 97.9 Å². The van der Waals surface area contributed by atoms with E-state index < -0.39 is 3.55 Å². The first-order chi connectivity index (χ1) is 6.62. The topological polar surface area (TPSA) is 43.1 Å². The fourth-order valence-electron chi connectivity index (χ4n) is 3.07. The summed E-state index contributed by atoms with van der Waals surface area (Å²) >= 11 is 2.08. The van der Waals surface area contributed by atoms with Crippen LogP contribution >= 0.6 is 22.6 Å². The Bertz CT molecular complexity index is 246. The molecule has 0 aromatic carbocycles. The van der Waals surface area contributed by atoms with E-state index in [4.69, 9.17) is 0 Å². The van der Waals surface area contributed by atoms with Gasteiger partial charge in [0.15, 0.2) is 0 Å². The number of halogens is 1. The maximum atomic E-state index is 11.0. The number of nitrogens with zero attached hydrogens (tertiary/aromatic N) is 1. The van der Waals surface area contributed by atoms with Gasteiger partial charge in [-0.3, -0.25) is 10.1 Å². The summed E-state index contributed by atoms with van der Waals surface area (Å²) in [4.78, 5) is 11.0. The summed E-state index contributed by atoms with van der Waals surface area (Å²) in [6.07, 6.45) is 7.69. The summed E-state index contributed by atoms with van der Waals surface area (Å²) in [5, 5.41) is 11.0. The molecule has 14 heavy (non-hydrogen) atoms. The van der Waals surface area contributed by atoms with Crippen molar-refractivity contribution in [1.29, 1.82) is 0 Å². The summed E-state index contributed by atoms with van der Waals surface area (Å²) in [6.45, 7) is 0. The maximum Gasteiger partial charge on any atom is 0.269 e. The SMILES string of the molecule is O=[N+]([O-])C1(I)CCCC2CCCC2C1. The summed E-state index contributed by atoms with van der Waals surface area (Å²) in [5.74, 6) is 1.44. The first-order valence-corrected chi connectivity index (χ1v) is 6.53.